The molecule has 1 aromatic carbocycles. The quantitative estimate of drug-likeness (QED) is 0.372. The first kappa shape index (κ1) is 25.4. The zero-order valence-electron chi connectivity index (χ0n) is 20.0. The van der Waals surface area contributed by atoms with Crippen LogP contribution in [0.25, 0.3) is 11.2 Å². The molecule has 1 saturated heterocycles. The first-order chi connectivity index (χ1) is 17.8. The van der Waals surface area contributed by atoms with Crippen LogP contribution in [0.15, 0.2) is 33.0 Å². The number of likely N-dealkylation sites (tertiary alicyclic amines) is 1. The average molecular weight is 592 g/mol. The third-order valence-electron chi connectivity index (χ3n) is 6.46. The van der Waals surface area contributed by atoms with Crippen LogP contribution in [-0.4, -0.2) is 67.5 Å². The number of nitrogens with two attached hydrogens (primary N) is 1. The van der Waals surface area contributed by atoms with Crippen LogP contribution >= 0.6 is 27.7 Å². The molecule has 4 heterocycles. The second kappa shape index (κ2) is 10.6. The molecule has 37 heavy (non-hydrogen) atoms. The maximum absolute atomic E-state index is 12.7. The topological polar surface area (TPSA) is 158 Å². The summed E-state index contributed by atoms with van der Waals surface area (Å²) in [5.74, 6) is 1.71. The van der Waals surface area contributed by atoms with Crippen molar-refractivity contribution in [2.24, 2.45) is 5.92 Å². The molecule has 14 heteroatoms. The number of piperidine rings is 1. The van der Waals surface area contributed by atoms with E-state index in [0.29, 0.717) is 53.3 Å². The number of anilines is 1. The SMILES string of the molecule is C[C@@H](NC(=O)O)C(=O)N1CCC[C@@H](CCn2c(Sc3cc4c(cc3Br)OCO4)nc3c(N)ncnc32)C1. The minimum Gasteiger partial charge on any atom is -0.465 e. The molecule has 0 bridgehead atoms. The van der Waals surface area contributed by atoms with E-state index in [1.54, 1.807) is 11.8 Å². The fourth-order valence-electron chi connectivity index (χ4n) is 4.62. The number of halogens is 1. The van der Waals surface area contributed by atoms with E-state index >= 15 is 0 Å². The second-order valence-electron chi connectivity index (χ2n) is 8.97. The average Bonchev–Trinajstić information content (AvgIpc) is 3.46. The number of carbonyl (C=O) groups excluding carboxylic acids is 1. The van der Waals surface area contributed by atoms with Crippen molar-refractivity contribution in [3.05, 3.63) is 22.9 Å². The molecule has 3 aromatic rings. The van der Waals surface area contributed by atoms with Crippen molar-refractivity contribution < 1.29 is 24.2 Å². The van der Waals surface area contributed by atoms with Crippen molar-refractivity contribution in [2.45, 2.75) is 48.8 Å². The highest BCUT2D eigenvalue weighted by Gasteiger charge is 2.28. The van der Waals surface area contributed by atoms with E-state index in [9.17, 15) is 9.59 Å². The number of carbonyl (C=O) groups is 2. The number of aromatic nitrogens is 4. The normalized spacial score (nSPS) is 17.7. The third kappa shape index (κ3) is 5.39. The number of ether oxygens (including phenoxy) is 2. The number of carboxylic acid groups (broad SMARTS) is 1. The number of nitrogens with zero attached hydrogens (tertiary/aromatic N) is 5. The fraction of sp³-hybridized carbons (Fsp3) is 0.435. The Bertz CT molecular complexity index is 1350. The highest BCUT2D eigenvalue weighted by atomic mass is 79.9. The Morgan fingerprint density at radius 2 is 2.11 bits per heavy atom. The van der Waals surface area contributed by atoms with Crippen LogP contribution in [0, 0.1) is 5.92 Å². The summed E-state index contributed by atoms with van der Waals surface area (Å²) < 4.78 is 13.9. The van der Waals surface area contributed by atoms with E-state index in [-0.39, 0.29) is 18.6 Å². The van der Waals surface area contributed by atoms with Gasteiger partial charge in [-0.3, -0.25) is 4.79 Å². The molecule has 2 atom stereocenters. The van der Waals surface area contributed by atoms with E-state index < -0.39 is 12.1 Å². The van der Waals surface area contributed by atoms with Gasteiger partial charge in [0.25, 0.3) is 0 Å². The van der Waals surface area contributed by atoms with Gasteiger partial charge in [0.2, 0.25) is 12.7 Å². The van der Waals surface area contributed by atoms with Crippen LogP contribution in [0.4, 0.5) is 10.6 Å². The predicted octanol–water partition coefficient (Wildman–Crippen LogP) is 3.34. The van der Waals surface area contributed by atoms with Gasteiger partial charge in [-0.15, -0.1) is 0 Å². The zero-order valence-corrected chi connectivity index (χ0v) is 22.4. The number of rotatable bonds is 7. The summed E-state index contributed by atoms with van der Waals surface area (Å²) in [6.07, 6.45) is 2.85. The zero-order chi connectivity index (χ0) is 26.1. The van der Waals surface area contributed by atoms with Gasteiger partial charge in [0, 0.05) is 29.0 Å². The Kier molecular flexibility index (Phi) is 7.29. The van der Waals surface area contributed by atoms with Crippen LogP contribution < -0.4 is 20.5 Å². The van der Waals surface area contributed by atoms with Gasteiger partial charge in [-0.2, -0.15) is 0 Å². The van der Waals surface area contributed by atoms with Gasteiger partial charge in [-0.1, -0.05) is 11.8 Å². The van der Waals surface area contributed by atoms with Crippen molar-refractivity contribution in [1.82, 2.24) is 29.7 Å². The monoisotopic (exact) mass is 591 g/mol. The highest BCUT2D eigenvalue weighted by molar-refractivity contribution is 9.10. The molecule has 0 saturated carbocycles. The summed E-state index contributed by atoms with van der Waals surface area (Å²) in [5.41, 5.74) is 7.30. The summed E-state index contributed by atoms with van der Waals surface area (Å²) >= 11 is 5.07. The molecule has 2 amide bonds. The smallest absolute Gasteiger partial charge is 0.405 e. The number of nitrogen functional groups attached to an aromatic ring is 1. The number of fused-ring (bicyclic) bond motifs is 2. The van der Waals surface area contributed by atoms with Crippen LogP contribution in [-0.2, 0) is 11.3 Å². The minimum atomic E-state index is -1.21. The Morgan fingerprint density at radius 3 is 2.89 bits per heavy atom. The molecule has 0 unspecified atom stereocenters. The van der Waals surface area contributed by atoms with E-state index in [0.717, 1.165) is 28.6 Å². The number of imidazole rings is 1. The highest BCUT2D eigenvalue weighted by Crippen LogP contribution is 2.43. The van der Waals surface area contributed by atoms with Crippen LogP contribution in [0.3, 0.4) is 0 Å². The minimum absolute atomic E-state index is 0.187. The number of benzene rings is 1. The number of hydrogen-bond donors (Lipinski definition) is 3. The van der Waals surface area contributed by atoms with Crippen LogP contribution in [0.1, 0.15) is 26.2 Å². The lowest BCUT2D eigenvalue weighted by molar-refractivity contribution is -0.134. The Morgan fingerprint density at radius 1 is 1.32 bits per heavy atom. The van der Waals surface area contributed by atoms with E-state index in [1.807, 2.05) is 16.7 Å². The first-order valence-electron chi connectivity index (χ1n) is 11.8. The van der Waals surface area contributed by atoms with Gasteiger partial charge < -0.3 is 35.1 Å². The molecule has 2 aromatic heterocycles. The van der Waals surface area contributed by atoms with Crippen molar-refractivity contribution in [2.75, 3.05) is 25.6 Å². The summed E-state index contributed by atoms with van der Waals surface area (Å²) in [5, 5.41) is 11.9. The Hall–Kier alpha value is -3.26. The van der Waals surface area contributed by atoms with Crippen molar-refractivity contribution in [3.8, 4) is 11.5 Å². The van der Waals surface area contributed by atoms with Crippen LogP contribution in [0.2, 0.25) is 0 Å². The number of aryl methyl sites for hydroxylation is 1. The summed E-state index contributed by atoms with van der Waals surface area (Å²) in [4.78, 5) is 39.6. The molecule has 5 rings (SSSR count). The lowest BCUT2D eigenvalue weighted by Gasteiger charge is -2.34. The van der Waals surface area contributed by atoms with Crippen molar-refractivity contribution in [3.63, 3.8) is 0 Å². The molecule has 2 aliphatic heterocycles. The Balaban J connectivity index is 1.35. The number of nitrogens with one attached hydrogen (secondary N) is 1. The van der Waals surface area contributed by atoms with E-state index in [1.165, 1.54) is 18.1 Å². The molecule has 2 aliphatic rings. The molecular formula is C23H26BrN7O5S. The van der Waals surface area contributed by atoms with E-state index in [4.69, 9.17) is 25.3 Å². The Labute approximate surface area is 225 Å². The maximum Gasteiger partial charge on any atom is 0.405 e. The second-order valence-corrected chi connectivity index (χ2v) is 10.8. The largest absolute Gasteiger partial charge is 0.465 e. The van der Waals surface area contributed by atoms with Gasteiger partial charge in [-0.05, 0) is 60.2 Å². The van der Waals surface area contributed by atoms with Gasteiger partial charge in [-0.25, -0.2) is 19.7 Å². The maximum atomic E-state index is 12.7. The lowest BCUT2D eigenvalue weighted by atomic mass is 9.94. The summed E-state index contributed by atoms with van der Waals surface area (Å²) in [6, 6.07) is 3.00. The molecule has 4 N–H and O–H groups in total. The predicted molar refractivity (Wildman–Crippen MR) is 139 cm³/mol. The molecule has 0 spiro atoms. The third-order valence-corrected chi connectivity index (χ3v) is 8.43. The molecule has 196 valence electrons. The number of hydrogen-bond acceptors (Lipinski definition) is 9. The van der Waals surface area contributed by atoms with Crippen molar-refractivity contribution >= 4 is 56.7 Å². The van der Waals surface area contributed by atoms with Gasteiger partial charge >= 0.3 is 6.09 Å². The van der Waals surface area contributed by atoms with Crippen LogP contribution in [0.5, 0.6) is 11.5 Å². The number of amides is 2. The fourth-order valence-corrected chi connectivity index (χ4v) is 6.13. The molecule has 12 nitrogen and oxygen atoms in total. The molecule has 0 aliphatic carbocycles. The summed E-state index contributed by atoms with van der Waals surface area (Å²) in [6.45, 7) is 3.57. The van der Waals surface area contributed by atoms with E-state index in [2.05, 4.69) is 31.2 Å². The molecule has 0 radical (unpaired) electrons. The van der Waals surface area contributed by atoms with Crippen molar-refractivity contribution in [1.29, 1.82) is 0 Å². The summed E-state index contributed by atoms with van der Waals surface area (Å²) in [7, 11) is 0. The first-order valence-corrected chi connectivity index (χ1v) is 13.4. The molecule has 1 fully saturated rings. The molecular weight excluding hydrogens is 566 g/mol. The van der Waals surface area contributed by atoms with Gasteiger partial charge in [0.05, 0.1) is 0 Å². The van der Waals surface area contributed by atoms with Gasteiger partial charge in [0.1, 0.15) is 12.4 Å². The van der Waals surface area contributed by atoms with Gasteiger partial charge in [0.15, 0.2) is 33.6 Å². The standard InChI is InChI=1S/C23H26BrN7O5S/c1-12(28-23(33)34)21(32)30-5-2-3-13(9-30)4-6-31-20-18(19(25)26-10-27-20)29-22(31)37-17-8-16-15(7-14(17)24)35-11-36-16/h7-8,10,12-13,28H,2-6,9,11H2,1H3,(H,33,34)(H2,25,26,27)/t12-,13+/m1/s1. The lowest BCUT2D eigenvalue weighted by Crippen LogP contribution is -2.49.